The van der Waals surface area contributed by atoms with Crippen LogP contribution >= 0.6 is 0 Å². The predicted molar refractivity (Wildman–Crippen MR) is 157 cm³/mol. The Balaban J connectivity index is 0.00000267. The molecule has 0 radical (unpaired) electrons. The van der Waals surface area contributed by atoms with E-state index in [4.69, 9.17) is 0 Å². The van der Waals surface area contributed by atoms with Gasteiger partial charge in [0.1, 0.15) is 41.7 Å². The van der Waals surface area contributed by atoms with Crippen molar-refractivity contribution in [3.63, 3.8) is 0 Å². The number of phenols is 1. The largest absolute Gasteiger partial charge is 1.00 e. The molecule has 20 heteroatoms. The maximum atomic E-state index is 12.9. The minimum absolute atomic E-state index is 0. The summed E-state index contributed by atoms with van der Waals surface area (Å²) in [5.74, 6) is -1.52. The van der Waals surface area contributed by atoms with Gasteiger partial charge in [-0.2, -0.15) is 0 Å². The first-order valence-electron chi connectivity index (χ1n) is 12.5. The second-order valence-corrected chi connectivity index (χ2v) is 13.6. The van der Waals surface area contributed by atoms with E-state index in [-0.39, 0.29) is 111 Å². The molecule has 5 rings (SSSR count). The fraction of sp³-hybridized carbons (Fsp3) is 0.0357. The van der Waals surface area contributed by atoms with Gasteiger partial charge in [0, 0.05) is 21.7 Å². The molecule has 0 heterocycles. The van der Waals surface area contributed by atoms with Gasteiger partial charge in [0.15, 0.2) is 5.75 Å². The first-order chi connectivity index (χ1) is 21.0. The molecule has 0 saturated carbocycles. The maximum Gasteiger partial charge on any atom is 1.00 e. The molecule has 0 saturated heterocycles. The van der Waals surface area contributed by atoms with Crippen molar-refractivity contribution in [2.24, 2.45) is 10.2 Å². The standard InChI is InChI=1S/C28H21N3O11S3.3Na/c1-15-12-17-14-23(44(37,38)39)25(26(32)24(17)21(13-15)29-28(33)16-6-3-2-4-7-16)31-30-20-11-10-18-19(27(20)45(40,41)42)8-5-9-22(18)43(34,35)36;;;/h2-14,32H,1H3,(H,29,33)(H,34,35,36)(H,37,38,39)(H,40,41,42);;;/q;3*+1/p-3. The zero-order valence-corrected chi connectivity index (χ0v) is 34.1. The molecule has 48 heavy (non-hydrogen) atoms. The molecule has 14 nitrogen and oxygen atoms in total. The molecule has 0 aliphatic carbocycles. The van der Waals surface area contributed by atoms with Crippen LogP contribution in [-0.4, -0.2) is 49.9 Å². The minimum atomic E-state index is -5.45. The molecule has 0 atom stereocenters. The molecule has 1 amide bonds. The summed E-state index contributed by atoms with van der Waals surface area (Å²) < 4.78 is 109. The summed E-state index contributed by atoms with van der Waals surface area (Å²) >= 11 is 0. The van der Waals surface area contributed by atoms with E-state index in [1.165, 1.54) is 24.3 Å². The normalized spacial score (nSPS) is 11.8. The summed E-state index contributed by atoms with van der Waals surface area (Å²) in [5.41, 5.74) is -0.909. The van der Waals surface area contributed by atoms with Crippen molar-refractivity contribution >= 4 is 74.9 Å². The van der Waals surface area contributed by atoms with Crippen molar-refractivity contribution in [3.8, 4) is 5.75 Å². The van der Waals surface area contributed by atoms with Gasteiger partial charge in [0.05, 0.1) is 20.4 Å². The van der Waals surface area contributed by atoms with Gasteiger partial charge >= 0.3 is 88.7 Å². The molecule has 5 aromatic carbocycles. The third-order valence-electron chi connectivity index (χ3n) is 6.58. The zero-order chi connectivity index (χ0) is 32.9. The van der Waals surface area contributed by atoms with Crippen LogP contribution < -0.4 is 94.0 Å². The Morgan fingerprint density at radius 1 is 0.708 bits per heavy atom. The number of amides is 1. The monoisotopic (exact) mass is 737 g/mol. The van der Waals surface area contributed by atoms with Crippen LogP contribution in [0.25, 0.3) is 21.5 Å². The molecule has 0 fully saturated rings. The number of aryl methyl sites for hydroxylation is 1. The van der Waals surface area contributed by atoms with Gasteiger partial charge in [-0.25, -0.2) is 25.3 Å². The summed E-state index contributed by atoms with van der Waals surface area (Å²) in [4.78, 5) is 9.92. The fourth-order valence-electron chi connectivity index (χ4n) is 4.76. The van der Waals surface area contributed by atoms with Gasteiger partial charge in [-0.15, -0.1) is 10.2 Å². The van der Waals surface area contributed by atoms with E-state index in [0.717, 1.165) is 36.4 Å². The summed E-state index contributed by atoms with van der Waals surface area (Å²) in [6.07, 6.45) is 0. The maximum absolute atomic E-state index is 12.9. The molecular formula is C28H18N3Na3O11S3. The Bertz CT molecular complexity index is 2430. The van der Waals surface area contributed by atoms with Gasteiger partial charge in [-0.05, 0) is 54.3 Å². The number of fused-ring (bicyclic) bond motifs is 2. The van der Waals surface area contributed by atoms with Gasteiger partial charge in [-0.1, -0.05) is 42.5 Å². The van der Waals surface area contributed by atoms with Crippen molar-refractivity contribution in [2.75, 3.05) is 5.32 Å². The van der Waals surface area contributed by atoms with Crippen molar-refractivity contribution in [2.45, 2.75) is 21.6 Å². The van der Waals surface area contributed by atoms with Crippen LogP contribution in [0.5, 0.6) is 5.75 Å². The number of aromatic hydroxyl groups is 1. The third kappa shape index (κ3) is 8.92. The second kappa shape index (κ2) is 16.1. The number of nitrogens with zero attached hydrogens (tertiary/aromatic N) is 2. The fourth-order valence-corrected chi connectivity index (χ4v) is 6.91. The van der Waals surface area contributed by atoms with Crippen molar-refractivity contribution < 1.29 is 137 Å². The molecule has 232 valence electrons. The Morgan fingerprint density at radius 3 is 1.92 bits per heavy atom. The molecule has 0 aliphatic heterocycles. The number of benzene rings is 5. The Morgan fingerprint density at radius 2 is 1.33 bits per heavy atom. The molecule has 0 aliphatic rings. The van der Waals surface area contributed by atoms with Crippen molar-refractivity contribution in [1.29, 1.82) is 0 Å². The number of carbonyl (C=O) groups excluding carboxylic acids is 1. The molecule has 5 aromatic rings. The Labute approximate surface area is 341 Å². The number of rotatable bonds is 7. The summed E-state index contributed by atoms with van der Waals surface area (Å²) in [5, 5.41) is 20.1. The zero-order valence-electron chi connectivity index (χ0n) is 25.7. The van der Waals surface area contributed by atoms with E-state index in [2.05, 4.69) is 15.5 Å². The first-order valence-corrected chi connectivity index (χ1v) is 16.7. The SMILES string of the molecule is Cc1cc(NC(=O)c2ccccc2)c2c(O)c(N=Nc3ccc4c(S(=O)(=O)[O-])cccc4c3S(=O)(=O)[O-])c(S(=O)(=O)[O-])cc2c1.[Na+].[Na+].[Na+]. The third-order valence-corrected chi connectivity index (χ3v) is 9.25. The average molecular weight is 738 g/mol. The van der Waals surface area contributed by atoms with Gasteiger partial charge < -0.3 is 24.1 Å². The van der Waals surface area contributed by atoms with Crippen LogP contribution in [0.3, 0.4) is 0 Å². The van der Waals surface area contributed by atoms with Gasteiger partial charge in [0.25, 0.3) is 5.91 Å². The van der Waals surface area contributed by atoms with Crippen LogP contribution in [0.1, 0.15) is 15.9 Å². The average Bonchev–Trinajstić information content (AvgIpc) is 2.94. The predicted octanol–water partition coefficient (Wildman–Crippen LogP) is -4.60. The Kier molecular flexibility index (Phi) is 14.2. The molecule has 0 bridgehead atoms. The quantitative estimate of drug-likeness (QED) is 0.0914. The van der Waals surface area contributed by atoms with Crippen LogP contribution in [0.2, 0.25) is 0 Å². The number of hydrogen-bond acceptors (Lipinski definition) is 13. The number of phenolic OH excluding ortho intramolecular Hbond substituents is 1. The topological polar surface area (TPSA) is 246 Å². The molecular weight excluding hydrogens is 719 g/mol. The van der Waals surface area contributed by atoms with Crippen LogP contribution in [0.15, 0.2) is 104 Å². The van der Waals surface area contributed by atoms with E-state index < -0.39 is 78.8 Å². The van der Waals surface area contributed by atoms with E-state index >= 15 is 0 Å². The van der Waals surface area contributed by atoms with Gasteiger partial charge in [0.2, 0.25) is 0 Å². The second-order valence-electron chi connectivity index (χ2n) is 9.63. The minimum Gasteiger partial charge on any atom is -0.744 e. The summed E-state index contributed by atoms with van der Waals surface area (Å²) in [6.45, 7) is 1.61. The van der Waals surface area contributed by atoms with Crippen LogP contribution in [0.4, 0.5) is 17.1 Å². The molecule has 2 N–H and O–H groups in total. The van der Waals surface area contributed by atoms with Crippen molar-refractivity contribution in [3.05, 3.63) is 90.0 Å². The summed E-state index contributed by atoms with van der Waals surface area (Å²) in [7, 11) is -15.9. The number of anilines is 1. The van der Waals surface area contributed by atoms with Crippen LogP contribution in [0, 0.1) is 6.92 Å². The Hall–Kier alpha value is -1.78. The van der Waals surface area contributed by atoms with Gasteiger partial charge in [-0.3, -0.25) is 4.79 Å². The number of carbonyl (C=O) groups is 1. The molecule has 0 unspecified atom stereocenters. The molecule has 0 spiro atoms. The van der Waals surface area contributed by atoms with Crippen LogP contribution in [-0.2, 0) is 30.4 Å². The van der Waals surface area contributed by atoms with E-state index in [9.17, 15) is 48.8 Å². The van der Waals surface area contributed by atoms with E-state index in [1.54, 1.807) is 25.1 Å². The van der Waals surface area contributed by atoms with E-state index in [0.29, 0.717) is 5.56 Å². The van der Waals surface area contributed by atoms with E-state index in [1.807, 2.05) is 0 Å². The number of azo groups is 1. The number of hydrogen-bond donors (Lipinski definition) is 2. The van der Waals surface area contributed by atoms with Crippen molar-refractivity contribution in [1.82, 2.24) is 0 Å². The molecule has 0 aromatic heterocycles. The number of nitrogens with one attached hydrogen (secondary N) is 1. The smallest absolute Gasteiger partial charge is 0.744 e. The first kappa shape index (κ1) is 42.4. The summed E-state index contributed by atoms with van der Waals surface area (Å²) in [6, 6.07) is 16.5.